The molecule has 0 bridgehead atoms. The Kier molecular flexibility index (Phi) is 4.87. The maximum Gasteiger partial charge on any atom is 0.262 e. The molecule has 1 fully saturated rings. The highest BCUT2D eigenvalue weighted by molar-refractivity contribution is 7.99. The lowest BCUT2D eigenvalue weighted by Gasteiger charge is -2.22. The highest BCUT2D eigenvalue weighted by Crippen LogP contribution is 2.18. The third-order valence-corrected chi connectivity index (χ3v) is 5.49. The minimum absolute atomic E-state index is 0.0946. The van der Waals surface area contributed by atoms with Crippen LogP contribution in [0.3, 0.4) is 0 Å². The number of H-pyrrole nitrogens is 1. The van der Waals surface area contributed by atoms with E-state index in [2.05, 4.69) is 10.3 Å². The van der Waals surface area contributed by atoms with Gasteiger partial charge in [0.15, 0.2) is 4.77 Å². The molecule has 1 amide bonds. The van der Waals surface area contributed by atoms with Gasteiger partial charge in [0.2, 0.25) is 0 Å². The van der Waals surface area contributed by atoms with Crippen LogP contribution in [0.4, 0.5) is 0 Å². The molecule has 2 aromatic rings. The summed E-state index contributed by atoms with van der Waals surface area (Å²) in [5, 5.41) is 3.62. The van der Waals surface area contributed by atoms with Crippen LogP contribution >= 0.6 is 24.0 Å². The first-order valence-corrected chi connectivity index (χ1v) is 9.32. The molecule has 3 rings (SSSR count). The lowest BCUT2D eigenvalue weighted by molar-refractivity contribution is 0.0935. The van der Waals surface area contributed by atoms with Gasteiger partial charge in [-0.15, -0.1) is 0 Å². The average molecular weight is 349 g/mol. The van der Waals surface area contributed by atoms with E-state index in [1.165, 1.54) is 4.57 Å². The van der Waals surface area contributed by atoms with Gasteiger partial charge in [0.25, 0.3) is 11.5 Å². The minimum atomic E-state index is -0.123. The molecule has 1 aromatic heterocycles. The summed E-state index contributed by atoms with van der Waals surface area (Å²) in [6.07, 6.45) is 2.02. The van der Waals surface area contributed by atoms with E-state index in [0.717, 1.165) is 24.3 Å². The third kappa shape index (κ3) is 3.35. The number of carbonyl (C=O) groups excluding carboxylic acids is 1. The molecule has 0 spiro atoms. The van der Waals surface area contributed by atoms with Crippen molar-refractivity contribution in [1.82, 2.24) is 14.9 Å². The van der Waals surface area contributed by atoms with Gasteiger partial charge < -0.3 is 10.3 Å². The summed E-state index contributed by atoms with van der Waals surface area (Å²) in [7, 11) is 0. The number of benzene rings is 1. The first-order valence-electron chi connectivity index (χ1n) is 7.75. The predicted octanol–water partition coefficient (Wildman–Crippen LogP) is 2.70. The van der Waals surface area contributed by atoms with E-state index >= 15 is 0 Å². The van der Waals surface area contributed by atoms with E-state index in [4.69, 9.17) is 12.2 Å². The molecule has 1 aliphatic heterocycles. The fraction of sp³-hybridized carbons (Fsp3) is 0.438. The van der Waals surface area contributed by atoms with E-state index in [0.29, 0.717) is 27.8 Å². The monoisotopic (exact) mass is 349 g/mol. The summed E-state index contributed by atoms with van der Waals surface area (Å²) in [6.45, 7) is 2.40. The molecule has 0 radical (unpaired) electrons. The minimum Gasteiger partial charge on any atom is -0.349 e. The Bertz CT molecular complexity index is 851. The number of aromatic amines is 1. The molecule has 1 aromatic carbocycles. The Morgan fingerprint density at radius 1 is 1.43 bits per heavy atom. The summed E-state index contributed by atoms with van der Waals surface area (Å²) in [5.41, 5.74) is 1.04. The molecule has 122 valence electrons. The smallest absolute Gasteiger partial charge is 0.262 e. The van der Waals surface area contributed by atoms with Gasteiger partial charge in [-0.3, -0.25) is 14.2 Å². The van der Waals surface area contributed by atoms with Crippen molar-refractivity contribution >= 4 is 40.8 Å². The lowest BCUT2D eigenvalue weighted by atomic mass is 10.1. The number of rotatable bonds is 3. The topological polar surface area (TPSA) is 66.9 Å². The van der Waals surface area contributed by atoms with E-state index < -0.39 is 0 Å². The SMILES string of the molecule is CCn1c(=S)[nH]c2cc(C(=O)NC3CCSCC3)ccc2c1=O. The van der Waals surface area contributed by atoms with E-state index in [-0.39, 0.29) is 17.5 Å². The molecule has 1 aliphatic rings. The van der Waals surface area contributed by atoms with E-state index in [9.17, 15) is 9.59 Å². The molecule has 0 saturated carbocycles. The summed E-state index contributed by atoms with van der Waals surface area (Å²) < 4.78 is 1.89. The molecule has 0 atom stereocenters. The average Bonchev–Trinajstić information content (AvgIpc) is 2.55. The van der Waals surface area contributed by atoms with Crippen molar-refractivity contribution in [2.75, 3.05) is 11.5 Å². The number of fused-ring (bicyclic) bond motifs is 1. The number of amides is 1. The molecule has 7 heteroatoms. The van der Waals surface area contributed by atoms with Crippen molar-refractivity contribution in [3.05, 3.63) is 38.9 Å². The predicted molar refractivity (Wildman–Crippen MR) is 96.9 cm³/mol. The summed E-state index contributed by atoms with van der Waals surface area (Å²) >= 11 is 7.14. The maximum atomic E-state index is 12.4. The number of hydrogen-bond acceptors (Lipinski definition) is 4. The van der Waals surface area contributed by atoms with Gasteiger partial charge >= 0.3 is 0 Å². The molecule has 0 unspecified atom stereocenters. The number of carbonyl (C=O) groups is 1. The van der Waals surface area contributed by atoms with Crippen LogP contribution in [0, 0.1) is 4.77 Å². The van der Waals surface area contributed by atoms with Crippen LogP contribution < -0.4 is 10.9 Å². The van der Waals surface area contributed by atoms with E-state index in [1.54, 1.807) is 18.2 Å². The van der Waals surface area contributed by atoms with Crippen LogP contribution in [0.1, 0.15) is 30.1 Å². The molecule has 2 N–H and O–H groups in total. The van der Waals surface area contributed by atoms with Crippen LogP contribution in [0.2, 0.25) is 0 Å². The van der Waals surface area contributed by atoms with Gasteiger partial charge in [-0.25, -0.2) is 0 Å². The maximum absolute atomic E-state index is 12.4. The van der Waals surface area contributed by atoms with Gasteiger partial charge in [0, 0.05) is 18.2 Å². The van der Waals surface area contributed by atoms with Gasteiger partial charge in [-0.05, 0) is 61.7 Å². The first-order chi connectivity index (χ1) is 11.1. The zero-order chi connectivity index (χ0) is 16.4. The fourth-order valence-corrected chi connectivity index (χ4v) is 4.22. The van der Waals surface area contributed by atoms with Gasteiger partial charge in [-0.1, -0.05) is 0 Å². The highest BCUT2D eigenvalue weighted by atomic mass is 32.2. The van der Waals surface area contributed by atoms with Crippen LogP contribution in [0.25, 0.3) is 10.9 Å². The molecule has 0 aliphatic carbocycles. The molecular formula is C16H19N3O2S2. The van der Waals surface area contributed by atoms with Crippen molar-refractivity contribution in [1.29, 1.82) is 0 Å². The second kappa shape index (κ2) is 6.88. The van der Waals surface area contributed by atoms with Crippen LogP contribution in [-0.4, -0.2) is 33.0 Å². The first kappa shape index (κ1) is 16.3. The molecule has 2 heterocycles. The number of nitrogens with zero attached hydrogens (tertiary/aromatic N) is 1. The number of nitrogens with one attached hydrogen (secondary N) is 2. The number of aromatic nitrogens is 2. The van der Waals surface area contributed by atoms with Crippen LogP contribution in [0.15, 0.2) is 23.0 Å². The fourth-order valence-electron chi connectivity index (χ4n) is 2.79. The van der Waals surface area contributed by atoms with Crippen molar-refractivity contribution in [3.63, 3.8) is 0 Å². The summed E-state index contributed by atoms with van der Waals surface area (Å²) in [5.74, 6) is 2.08. The Balaban J connectivity index is 1.92. The lowest BCUT2D eigenvalue weighted by Crippen LogP contribution is -2.37. The van der Waals surface area contributed by atoms with Gasteiger partial charge in [0.05, 0.1) is 10.9 Å². The molecule has 23 heavy (non-hydrogen) atoms. The van der Waals surface area contributed by atoms with Crippen molar-refractivity contribution < 1.29 is 4.79 Å². The molecular weight excluding hydrogens is 330 g/mol. The van der Waals surface area contributed by atoms with Crippen molar-refractivity contribution in [3.8, 4) is 0 Å². The van der Waals surface area contributed by atoms with E-state index in [1.807, 2.05) is 18.7 Å². The largest absolute Gasteiger partial charge is 0.349 e. The van der Waals surface area contributed by atoms with Crippen LogP contribution in [-0.2, 0) is 6.54 Å². The Labute approximate surface area is 143 Å². The number of thioether (sulfide) groups is 1. The second-order valence-electron chi connectivity index (χ2n) is 5.60. The van der Waals surface area contributed by atoms with Crippen molar-refractivity contribution in [2.24, 2.45) is 0 Å². The second-order valence-corrected chi connectivity index (χ2v) is 7.21. The number of hydrogen-bond donors (Lipinski definition) is 2. The molecule has 5 nitrogen and oxygen atoms in total. The zero-order valence-electron chi connectivity index (χ0n) is 12.9. The molecule has 1 saturated heterocycles. The Hall–Kier alpha value is -1.60. The Morgan fingerprint density at radius 3 is 2.87 bits per heavy atom. The standard InChI is InChI=1S/C16H19N3O2S2/c1-2-19-15(21)12-4-3-10(9-13(12)18-16(19)22)14(20)17-11-5-7-23-8-6-11/h3-4,9,11H,2,5-8H2,1H3,(H,17,20)(H,18,22). The van der Waals surface area contributed by atoms with Crippen LogP contribution in [0.5, 0.6) is 0 Å². The van der Waals surface area contributed by atoms with Gasteiger partial charge in [-0.2, -0.15) is 11.8 Å². The highest BCUT2D eigenvalue weighted by Gasteiger charge is 2.17. The summed E-state index contributed by atoms with van der Waals surface area (Å²) in [4.78, 5) is 27.8. The Morgan fingerprint density at radius 2 is 2.17 bits per heavy atom. The third-order valence-electron chi connectivity index (χ3n) is 4.12. The zero-order valence-corrected chi connectivity index (χ0v) is 14.6. The summed E-state index contributed by atoms with van der Waals surface area (Å²) in [6, 6.07) is 5.35. The normalized spacial score (nSPS) is 15.7. The van der Waals surface area contributed by atoms with Gasteiger partial charge in [0.1, 0.15) is 0 Å². The quantitative estimate of drug-likeness (QED) is 0.836. The van der Waals surface area contributed by atoms with Crippen molar-refractivity contribution in [2.45, 2.75) is 32.4 Å².